The summed E-state index contributed by atoms with van der Waals surface area (Å²) in [6.45, 7) is 0. The van der Waals surface area contributed by atoms with E-state index in [1.54, 1.807) is 6.07 Å². The second-order valence-corrected chi connectivity index (χ2v) is 4.70. The third kappa shape index (κ3) is 2.56. The zero-order valence-corrected chi connectivity index (χ0v) is 11.1. The van der Waals surface area contributed by atoms with Gasteiger partial charge in [-0.25, -0.2) is 0 Å². The maximum atomic E-state index is 12.1. The Balaban J connectivity index is 2.12. The number of hydrogen-bond donors (Lipinski definition) is 3. The van der Waals surface area contributed by atoms with Crippen LogP contribution in [0.3, 0.4) is 0 Å². The van der Waals surface area contributed by atoms with E-state index >= 15 is 0 Å². The van der Waals surface area contributed by atoms with Gasteiger partial charge in [0.25, 0.3) is 11.8 Å². The summed E-state index contributed by atoms with van der Waals surface area (Å²) < 4.78 is 0. The minimum absolute atomic E-state index is 0.227. The van der Waals surface area contributed by atoms with Crippen molar-refractivity contribution in [3.8, 4) is 0 Å². The van der Waals surface area contributed by atoms with Gasteiger partial charge in [-0.15, -0.1) is 0 Å². The van der Waals surface area contributed by atoms with Gasteiger partial charge in [0.05, 0.1) is 5.56 Å². The van der Waals surface area contributed by atoms with Crippen LogP contribution >= 0.6 is 0 Å². The van der Waals surface area contributed by atoms with Crippen LogP contribution in [0.2, 0.25) is 0 Å². The molecule has 7 nitrogen and oxygen atoms in total. The predicted molar refractivity (Wildman–Crippen MR) is 73.5 cm³/mol. The number of carbonyl (C=O) groups is 3. The Kier molecular flexibility index (Phi) is 3.60. The number of nitrogens with two attached hydrogens (primary N) is 2. The van der Waals surface area contributed by atoms with Crippen molar-refractivity contribution in [2.75, 3.05) is 18.5 Å². The molecule has 106 valence electrons. The van der Waals surface area contributed by atoms with E-state index in [-0.39, 0.29) is 23.6 Å². The average molecular weight is 276 g/mol. The van der Waals surface area contributed by atoms with Crippen LogP contribution in [0, 0.1) is 0 Å². The van der Waals surface area contributed by atoms with E-state index in [2.05, 4.69) is 5.32 Å². The van der Waals surface area contributed by atoms with Crippen molar-refractivity contribution in [1.82, 2.24) is 10.2 Å². The number of rotatable bonds is 2. The summed E-state index contributed by atoms with van der Waals surface area (Å²) in [5, 5.41) is 2.59. The number of piperidine rings is 1. The standard InChI is InChI=1S/C13H16N4O3/c1-17-11(18)5-4-10(13(17)20)16-12(19)8-3-2-7(14)6-9(8)15/h2-3,6,10H,4-5,14-15H2,1H3,(H,16,19). The van der Waals surface area contributed by atoms with Crippen molar-refractivity contribution in [2.24, 2.45) is 0 Å². The van der Waals surface area contributed by atoms with Gasteiger partial charge < -0.3 is 16.8 Å². The van der Waals surface area contributed by atoms with Crippen LogP contribution in [0.15, 0.2) is 18.2 Å². The first-order valence-corrected chi connectivity index (χ1v) is 6.16. The molecule has 20 heavy (non-hydrogen) atoms. The number of anilines is 2. The molecule has 0 radical (unpaired) electrons. The van der Waals surface area contributed by atoms with Crippen LogP contribution in [0.5, 0.6) is 0 Å². The number of nitrogens with one attached hydrogen (secondary N) is 1. The Morgan fingerprint density at radius 2 is 2.05 bits per heavy atom. The summed E-state index contributed by atoms with van der Waals surface area (Å²) in [4.78, 5) is 36.4. The quantitative estimate of drug-likeness (QED) is 0.507. The highest BCUT2D eigenvalue weighted by Crippen LogP contribution is 2.17. The number of likely N-dealkylation sites (N-methyl/N-ethyl adjacent to an activating group) is 1. The highest BCUT2D eigenvalue weighted by molar-refractivity contribution is 6.05. The van der Waals surface area contributed by atoms with E-state index in [0.29, 0.717) is 12.1 Å². The molecule has 0 aromatic heterocycles. The summed E-state index contributed by atoms with van der Waals surface area (Å²) in [5.41, 5.74) is 12.2. The van der Waals surface area contributed by atoms with Gasteiger partial charge in [-0.2, -0.15) is 0 Å². The van der Waals surface area contributed by atoms with E-state index in [0.717, 1.165) is 4.90 Å². The van der Waals surface area contributed by atoms with Crippen molar-refractivity contribution in [3.05, 3.63) is 23.8 Å². The van der Waals surface area contributed by atoms with E-state index in [1.165, 1.54) is 19.2 Å². The van der Waals surface area contributed by atoms with Gasteiger partial charge in [0, 0.05) is 24.8 Å². The van der Waals surface area contributed by atoms with Gasteiger partial charge in [0.15, 0.2) is 0 Å². The third-order valence-electron chi connectivity index (χ3n) is 3.28. The van der Waals surface area contributed by atoms with Gasteiger partial charge in [-0.05, 0) is 24.6 Å². The number of likely N-dealkylation sites (tertiary alicyclic amines) is 1. The lowest BCUT2D eigenvalue weighted by Gasteiger charge is -2.28. The van der Waals surface area contributed by atoms with E-state index in [4.69, 9.17) is 11.5 Å². The topological polar surface area (TPSA) is 119 Å². The maximum absolute atomic E-state index is 12.1. The van der Waals surface area contributed by atoms with Crippen LogP contribution in [0.1, 0.15) is 23.2 Å². The Labute approximate surface area is 115 Å². The molecule has 1 saturated heterocycles. The number of imide groups is 1. The predicted octanol–water partition coefficient (Wildman–Crippen LogP) is -0.272. The van der Waals surface area contributed by atoms with Gasteiger partial charge in [-0.3, -0.25) is 19.3 Å². The molecule has 1 heterocycles. The first kappa shape index (κ1) is 13.9. The van der Waals surface area contributed by atoms with Gasteiger partial charge in [0.1, 0.15) is 6.04 Å². The Morgan fingerprint density at radius 3 is 2.70 bits per heavy atom. The number of amides is 3. The van der Waals surface area contributed by atoms with Crippen LogP contribution in [0.4, 0.5) is 11.4 Å². The normalized spacial score (nSPS) is 19.1. The van der Waals surface area contributed by atoms with Crippen molar-refractivity contribution in [2.45, 2.75) is 18.9 Å². The summed E-state index contributed by atoms with van der Waals surface area (Å²) in [6.07, 6.45) is 0.521. The van der Waals surface area contributed by atoms with Crippen molar-refractivity contribution >= 4 is 29.1 Å². The molecule has 0 bridgehead atoms. The molecule has 1 unspecified atom stereocenters. The monoisotopic (exact) mass is 276 g/mol. The van der Waals surface area contributed by atoms with Crippen LogP contribution in [-0.2, 0) is 9.59 Å². The number of nitrogens with zero attached hydrogens (tertiary/aromatic N) is 1. The number of hydrogen-bond acceptors (Lipinski definition) is 5. The summed E-state index contributed by atoms with van der Waals surface area (Å²) >= 11 is 0. The van der Waals surface area contributed by atoms with Crippen LogP contribution in [-0.4, -0.2) is 35.7 Å². The number of carbonyl (C=O) groups excluding carboxylic acids is 3. The van der Waals surface area contributed by atoms with Crippen LogP contribution in [0.25, 0.3) is 0 Å². The molecule has 1 fully saturated rings. The van der Waals surface area contributed by atoms with Crippen molar-refractivity contribution in [1.29, 1.82) is 0 Å². The zero-order chi connectivity index (χ0) is 14.9. The lowest BCUT2D eigenvalue weighted by molar-refractivity contribution is -0.147. The largest absolute Gasteiger partial charge is 0.399 e. The summed E-state index contributed by atoms with van der Waals surface area (Å²) in [7, 11) is 1.40. The smallest absolute Gasteiger partial charge is 0.254 e. The van der Waals surface area contributed by atoms with Gasteiger partial charge >= 0.3 is 0 Å². The van der Waals surface area contributed by atoms with Crippen molar-refractivity contribution < 1.29 is 14.4 Å². The fourth-order valence-corrected chi connectivity index (χ4v) is 2.07. The molecule has 7 heteroatoms. The molecule has 5 N–H and O–H groups in total. The van der Waals surface area contributed by atoms with E-state index < -0.39 is 17.9 Å². The fraction of sp³-hybridized carbons (Fsp3) is 0.308. The minimum Gasteiger partial charge on any atom is -0.399 e. The first-order chi connectivity index (χ1) is 9.40. The zero-order valence-electron chi connectivity index (χ0n) is 11.1. The molecule has 1 aliphatic heterocycles. The first-order valence-electron chi connectivity index (χ1n) is 6.16. The lowest BCUT2D eigenvalue weighted by atomic mass is 10.0. The highest BCUT2D eigenvalue weighted by Gasteiger charge is 2.33. The molecule has 1 atom stereocenters. The van der Waals surface area contributed by atoms with E-state index in [9.17, 15) is 14.4 Å². The Bertz CT molecular complexity index is 585. The molecule has 1 aromatic carbocycles. The third-order valence-corrected chi connectivity index (χ3v) is 3.28. The SMILES string of the molecule is CN1C(=O)CCC(NC(=O)c2ccc(N)cc2N)C1=O. The second-order valence-electron chi connectivity index (χ2n) is 4.70. The number of nitrogen functional groups attached to an aromatic ring is 2. The minimum atomic E-state index is -0.706. The molecule has 0 spiro atoms. The summed E-state index contributed by atoms with van der Waals surface area (Å²) in [5.74, 6) is -1.11. The Morgan fingerprint density at radius 1 is 1.35 bits per heavy atom. The molecule has 1 aromatic rings. The molecule has 2 rings (SSSR count). The Hall–Kier alpha value is -2.57. The highest BCUT2D eigenvalue weighted by atomic mass is 16.2. The summed E-state index contributed by atoms with van der Waals surface area (Å²) in [6, 6.07) is 3.83. The maximum Gasteiger partial charge on any atom is 0.254 e. The number of benzene rings is 1. The van der Waals surface area contributed by atoms with E-state index in [1.807, 2.05) is 0 Å². The van der Waals surface area contributed by atoms with Crippen LogP contribution < -0.4 is 16.8 Å². The molecule has 3 amide bonds. The average Bonchev–Trinajstić information content (AvgIpc) is 2.39. The van der Waals surface area contributed by atoms with Gasteiger partial charge in [0.2, 0.25) is 5.91 Å². The van der Waals surface area contributed by atoms with Gasteiger partial charge in [-0.1, -0.05) is 0 Å². The van der Waals surface area contributed by atoms with Crippen molar-refractivity contribution in [3.63, 3.8) is 0 Å². The fourth-order valence-electron chi connectivity index (χ4n) is 2.07. The molecule has 0 aliphatic carbocycles. The second kappa shape index (κ2) is 5.20. The lowest BCUT2D eigenvalue weighted by Crippen LogP contribution is -2.52. The molecular formula is C13H16N4O3. The molecule has 0 saturated carbocycles. The molecular weight excluding hydrogens is 260 g/mol. The molecule has 1 aliphatic rings.